The molecule has 36 heavy (non-hydrogen) atoms. The molecule has 4 rings (SSSR count). The summed E-state index contributed by atoms with van der Waals surface area (Å²) in [4.78, 5) is 44.0. The topological polar surface area (TPSA) is 108 Å². The lowest BCUT2D eigenvalue weighted by molar-refractivity contribution is -0.143. The second kappa shape index (κ2) is 10.8. The third kappa shape index (κ3) is 5.03. The molecular formula is C26H27N3O6S. The summed E-state index contributed by atoms with van der Waals surface area (Å²) in [5.41, 5.74) is 1.81. The van der Waals surface area contributed by atoms with Crippen LogP contribution in [-0.2, 0) is 9.53 Å². The Morgan fingerprint density at radius 2 is 1.94 bits per heavy atom. The number of nitrogens with one attached hydrogen (secondary N) is 1. The van der Waals surface area contributed by atoms with Gasteiger partial charge in [-0.3, -0.25) is 18.8 Å². The summed E-state index contributed by atoms with van der Waals surface area (Å²) in [6.07, 6.45) is 1.58. The zero-order valence-electron chi connectivity index (χ0n) is 20.5. The van der Waals surface area contributed by atoms with Crippen molar-refractivity contribution in [3.8, 4) is 11.5 Å². The Labute approximate surface area is 211 Å². The first-order valence-corrected chi connectivity index (χ1v) is 12.4. The van der Waals surface area contributed by atoms with Crippen molar-refractivity contribution in [3.05, 3.63) is 69.0 Å². The van der Waals surface area contributed by atoms with Crippen LogP contribution in [0.5, 0.6) is 11.5 Å². The van der Waals surface area contributed by atoms with Crippen LogP contribution in [0.1, 0.15) is 47.1 Å². The fourth-order valence-electron chi connectivity index (χ4n) is 3.91. The lowest BCUT2D eigenvalue weighted by atomic mass is 10.0. The Bertz CT molecular complexity index is 1490. The van der Waals surface area contributed by atoms with Gasteiger partial charge < -0.3 is 19.5 Å². The van der Waals surface area contributed by atoms with E-state index in [0.717, 1.165) is 16.9 Å². The number of carbonyl (C=O) groups excluding carboxylic acids is 2. The molecule has 0 saturated heterocycles. The zero-order valence-corrected chi connectivity index (χ0v) is 21.3. The van der Waals surface area contributed by atoms with Gasteiger partial charge in [0.05, 0.1) is 43.0 Å². The third-order valence-corrected chi connectivity index (χ3v) is 6.65. The average molecular weight is 510 g/mol. The molecule has 0 saturated carbocycles. The van der Waals surface area contributed by atoms with E-state index in [2.05, 4.69) is 10.3 Å². The number of ether oxygens (including phenoxy) is 3. The quantitative estimate of drug-likeness (QED) is 0.339. The van der Waals surface area contributed by atoms with E-state index in [1.54, 1.807) is 43.5 Å². The van der Waals surface area contributed by atoms with Gasteiger partial charge in [0.15, 0.2) is 11.5 Å². The number of hydrogen-bond donors (Lipinski definition) is 1. The van der Waals surface area contributed by atoms with E-state index in [-0.39, 0.29) is 18.6 Å². The highest BCUT2D eigenvalue weighted by molar-refractivity contribution is 7.20. The highest BCUT2D eigenvalue weighted by Crippen LogP contribution is 2.32. The van der Waals surface area contributed by atoms with Crippen molar-refractivity contribution in [2.24, 2.45) is 0 Å². The van der Waals surface area contributed by atoms with Gasteiger partial charge in [-0.15, -0.1) is 11.3 Å². The minimum Gasteiger partial charge on any atom is -0.493 e. The number of fused-ring (bicyclic) bond motifs is 2. The van der Waals surface area contributed by atoms with Crippen LogP contribution in [0, 0.1) is 6.92 Å². The minimum atomic E-state index is -0.693. The van der Waals surface area contributed by atoms with Gasteiger partial charge in [0.1, 0.15) is 10.5 Å². The summed E-state index contributed by atoms with van der Waals surface area (Å²) in [5, 5.41) is 3.27. The molecule has 1 amide bonds. The molecule has 0 bridgehead atoms. The van der Waals surface area contributed by atoms with Gasteiger partial charge in [0.25, 0.3) is 11.5 Å². The monoisotopic (exact) mass is 509 g/mol. The number of pyridine rings is 1. The highest BCUT2D eigenvalue weighted by Gasteiger charge is 2.23. The van der Waals surface area contributed by atoms with Crippen molar-refractivity contribution in [1.82, 2.24) is 14.7 Å². The first-order valence-electron chi connectivity index (χ1n) is 11.5. The Morgan fingerprint density at radius 1 is 1.14 bits per heavy atom. The largest absolute Gasteiger partial charge is 0.493 e. The van der Waals surface area contributed by atoms with Crippen molar-refractivity contribution in [3.63, 3.8) is 0 Å². The number of esters is 1. The fourth-order valence-corrected chi connectivity index (χ4v) is 4.84. The van der Waals surface area contributed by atoms with Crippen LogP contribution in [-0.4, -0.2) is 41.6 Å². The number of aromatic nitrogens is 2. The molecule has 0 radical (unpaired) electrons. The second-order valence-electron chi connectivity index (χ2n) is 8.01. The molecule has 0 aliphatic heterocycles. The molecule has 0 fully saturated rings. The number of methoxy groups -OCH3 is 1. The van der Waals surface area contributed by atoms with Gasteiger partial charge in [-0.25, -0.2) is 4.98 Å². The second-order valence-corrected chi connectivity index (χ2v) is 9.04. The maximum atomic E-state index is 13.3. The maximum absolute atomic E-state index is 13.3. The number of aryl methyl sites for hydroxylation is 1. The van der Waals surface area contributed by atoms with Gasteiger partial charge >= 0.3 is 5.97 Å². The molecule has 9 nitrogen and oxygen atoms in total. The Morgan fingerprint density at radius 3 is 2.67 bits per heavy atom. The molecule has 1 aromatic carbocycles. The van der Waals surface area contributed by atoms with E-state index in [1.165, 1.54) is 11.5 Å². The summed E-state index contributed by atoms with van der Waals surface area (Å²) in [5.74, 6) is 0.168. The molecule has 3 heterocycles. The van der Waals surface area contributed by atoms with Gasteiger partial charge in [-0.05, 0) is 56.2 Å². The molecule has 3 aromatic heterocycles. The fraction of sp³-hybridized carbons (Fsp3) is 0.308. The molecule has 4 aromatic rings. The van der Waals surface area contributed by atoms with Gasteiger partial charge in [-0.2, -0.15) is 0 Å². The average Bonchev–Trinajstić information content (AvgIpc) is 3.30. The van der Waals surface area contributed by atoms with Crippen molar-refractivity contribution >= 4 is 39.1 Å². The van der Waals surface area contributed by atoms with Crippen molar-refractivity contribution in [1.29, 1.82) is 0 Å². The van der Waals surface area contributed by atoms with E-state index in [9.17, 15) is 14.4 Å². The number of nitrogens with zero attached hydrogens (tertiary/aromatic N) is 2. The van der Waals surface area contributed by atoms with Crippen LogP contribution < -0.4 is 20.3 Å². The normalized spacial score (nSPS) is 11.9. The Kier molecular flexibility index (Phi) is 7.54. The molecule has 0 aliphatic rings. The van der Waals surface area contributed by atoms with Crippen LogP contribution >= 0.6 is 11.3 Å². The van der Waals surface area contributed by atoms with E-state index in [0.29, 0.717) is 44.4 Å². The van der Waals surface area contributed by atoms with Crippen molar-refractivity contribution < 1.29 is 23.8 Å². The standard InChI is InChI=1S/C26H27N3O6S/c1-5-34-19-10-9-16(12-20(19)33-4)18(14-22(30)35-6-2)27-24(31)21-13-17-25(36-21)28-23-15(3)8-7-11-29(23)26(17)32/h7-13,18H,5-6,14H2,1-4H3,(H,27,31)/t18-/m1/s1. The number of amides is 1. The van der Waals surface area contributed by atoms with Crippen LogP contribution in [0.3, 0.4) is 0 Å². The maximum Gasteiger partial charge on any atom is 0.308 e. The number of hydrogen-bond acceptors (Lipinski definition) is 8. The summed E-state index contributed by atoms with van der Waals surface area (Å²) in [6, 6.07) is 9.74. The lowest BCUT2D eigenvalue weighted by Gasteiger charge is -2.20. The number of thiophene rings is 1. The summed E-state index contributed by atoms with van der Waals surface area (Å²) in [7, 11) is 1.52. The Hall–Kier alpha value is -3.92. The van der Waals surface area contributed by atoms with Gasteiger partial charge in [-0.1, -0.05) is 12.1 Å². The molecular weight excluding hydrogens is 482 g/mol. The molecule has 188 valence electrons. The first-order chi connectivity index (χ1) is 17.4. The van der Waals surface area contributed by atoms with E-state index in [4.69, 9.17) is 14.2 Å². The summed E-state index contributed by atoms with van der Waals surface area (Å²) >= 11 is 1.13. The summed E-state index contributed by atoms with van der Waals surface area (Å²) < 4.78 is 17.6. The van der Waals surface area contributed by atoms with E-state index in [1.807, 2.05) is 19.9 Å². The lowest BCUT2D eigenvalue weighted by Crippen LogP contribution is -2.30. The van der Waals surface area contributed by atoms with E-state index >= 15 is 0 Å². The van der Waals surface area contributed by atoms with Crippen LogP contribution in [0.2, 0.25) is 0 Å². The highest BCUT2D eigenvalue weighted by atomic mass is 32.1. The number of benzene rings is 1. The SMILES string of the molecule is CCOC(=O)C[C@@H](NC(=O)c1cc2c(=O)n3cccc(C)c3nc2s1)c1ccc(OCC)c(OC)c1. The zero-order chi connectivity index (χ0) is 25.8. The molecule has 0 aliphatic carbocycles. The van der Waals surface area contributed by atoms with E-state index < -0.39 is 17.9 Å². The summed E-state index contributed by atoms with van der Waals surface area (Å²) in [6.45, 7) is 6.16. The molecule has 0 spiro atoms. The third-order valence-electron chi connectivity index (χ3n) is 5.63. The predicted molar refractivity (Wildman–Crippen MR) is 137 cm³/mol. The van der Waals surface area contributed by atoms with Gasteiger partial charge in [0.2, 0.25) is 0 Å². The van der Waals surface area contributed by atoms with Crippen LogP contribution in [0.15, 0.2) is 47.4 Å². The van der Waals surface area contributed by atoms with Crippen LogP contribution in [0.4, 0.5) is 0 Å². The number of carbonyl (C=O) groups is 2. The first kappa shape index (κ1) is 25.2. The Balaban J connectivity index is 1.69. The predicted octanol–water partition coefficient (Wildman–Crippen LogP) is 4.05. The van der Waals surface area contributed by atoms with Crippen molar-refractivity contribution in [2.75, 3.05) is 20.3 Å². The van der Waals surface area contributed by atoms with Gasteiger partial charge in [0, 0.05) is 6.20 Å². The molecule has 10 heteroatoms. The number of rotatable bonds is 9. The molecule has 1 atom stereocenters. The van der Waals surface area contributed by atoms with Crippen molar-refractivity contribution in [2.45, 2.75) is 33.2 Å². The minimum absolute atomic E-state index is 0.0778. The van der Waals surface area contributed by atoms with Crippen LogP contribution in [0.25, 0.3) is 15.9 Å². The molecule has 1 N–H and O–H groups in total. The molecule has 0 unspecified atom stereocenters. The smallest absolute Gasteiger partial charge is 0.308 e.